The van der Waals surface area contributed by atoms with Gasteiger partial charge in [0.15, 0.2) is 0 Å². The maximum atomic E-state index is 12.0. The second-order valence-corrected chi connectivity index (χ2v) is 5.08. The van der Waals surface area contributed by atoms with E-state index in [1.54, 1.807) is 0 Å². The average molecular weight is 226 g/mol. The van der Waals surface area contributed by atoms with E-state index < -0.39 is 5.54 Å². The lowest BCUT2D eigenvalue weighted by molar-refractivity contribution is -0.128. The number of amides is 1. The molecule has 0 spiro atoms. The fourth-order valence-electron chi connectivity index (χ4n) is 2.62. The molecule has 0 aromatic carbocycles. The Labute approximate surface area is 96.9 Å². The lowest BCUT2D eigenvalue weighted by Crippen LogP contribution is -2.57. The number of hydrogen-bond donors (Lipinski definition) is 2. The first-order chi connectivity index (χ1) is 7.64. The molecule has 16 heavy (non-hydrogen) atoms. The molecule has 3 N–H and O–H groups in total. The van der Waals surface area contributed by atoms with Gasteiger partial charge in [-0.2, -0.15) is 0 Å². The minimum Gasteiger partial charge on any atom is -0.378 e. The van der Waals surface area contributed by atoms with Gasteiger partial charge in [-0.05, 0) is 32.6 Å². The van der Waals surface area contributed by atoms with Crippen molar-refractivity contribution >= 4 is 5.91 Å². The minimum absolute atomic E-state index is 0.0462. The first-order valence-electron chi connectivity index (χ1n) is 6.35. The molecule has 4 heteroatoms. The number of nitrogens with one attached hydrogen (secondary N) is 1. The molecule has 0 bridgehead atoms. The van der Waals surface area contributed by atoms with Gasteiger partial charge in [-0.25, -0.2) is 0 Å². The number of carbonyl (C=O) groups is 1. The Hall–Kier alpha value is -0.610. The second kappa shape index (κ2) is 4.72. The molecule has 2 aliphatic rings. The van der Waals surface area contributed by atoms with Crippen LogP contribution >= 0.6 is 0 Å². The molecule has 0 heterocycles. The molecule has 0 aromatic rings. The molecule has 1 amide bonds. The summed E-state index contributed by atoms with van der Waals surface area (Å²) in [5, 5.41) is 3.04. The van der Waals surface area contributed by atoms with Gasteiger partial charge in [0, 0.05) is 12.6 Å². The van der Waals surface area contributed by atoms with E-state index in [0.717, 1.165) is 45.1 Å². The third kappa shape index (κ3) is 2.38. The summed E-state index contributed by atoms with van der Waals surface area (Å²) in [5.74, 6) is 0.0462. The Morgan fingerprint density at radius 1 is 1.44 bits per heavy atom. The van der Waals surface area contributed by atoms with Crippen molar-refractivity contribution in [2.24, 2.45) is 5.73 Å². The standard InChI is InChI=1S/C12H22N2O2/c1-2-16-10-7-9(8-10)14-11(15)12(13)5-3-4-6-12/h9-10H,2-8,13H2,1H3,(H,14,15). The van der Waals surface area contributed by atoms with Crippen molar-refractivity contribution in [3.8, 4) is 0 Å². The molecule has 0 aliphatic heterocycles. The fraction of sp³-hybridized carbons (Fsp3) is 0.917. The van der Waals surface area contributed by atoms with Crippen LogP contribution in [0.3, 0.4) is 0 Å². The SMILES string of the molecule is CCOC1CC(NC(=O)C2(N)CCCC2)C1. The monoisotopic (exact) mass is 226 g/mol. The van der Waals surface area contributed by atoms with E-state index in [-0.39, 0.29) is 11.9 Å². The van der Waals surface area contributed by atoms with E-state index in [9.17, 15) is 4.79 Å². The largest absolute Gasteiger partial charge is 0.378 e. The van der Waals surface area contributed by atoms with Crippen LogP contribution in [0, 0.1) is 0 Å². The molecular weight excluding hydrogens is 204 g/mol. The number of hydrogen-bond acceptors (Lipinski definition) is 3. The van der Waals surface area contributed by atoms with Crippen LogP contribution in [-0.4, -0.2) is 30.2 Å². The van der Waals surface area contributed by atoms with Crippen molar-refractivity contribution in [3.63, 3.8) is 0 Å². The van der Waals surface area contributed by atoms with Crippen LogP contribution in [0.2, 0.25) is 0 Å². The summed E-state index contributed by atoms with van der Waals surface area (Å²) in [6.07, 6.45) is 6.05. The van der Waals surface area contributed by atoms with Gasteiger partial charge in [0.05, 0.1) is 11.6 Å². The van der Waals surface area contributed by atoms with Crippen LogP contribution in [-0.2, 0) is 9.53 Å². The van der Waals surface area contributed by atoms with Crippen LogP contribution < -0.4 is 11.1 Å². The lowest BCUT2D eigenvalue weighted by atomic mass is 9.87. The van der Waals surface area contributed by atoms with Gasteiger partial charge < -0.3 is 15.8 Å². The Kier molecular flexibility index (Phi) is 3.50. The summed E-state index contributed by atoms with van der Waals surface area (Å²) >= 11 is 0. The summed E-state index contributed by atoms with van der Waals surface area (Å²) in [6.45, 7) is 2.76. The van der Waals surface area contributed by atoms with Gasteiger partial charge in [0.1, 0.15) is 0 Å². The van der Waals surface area contributed by atoms with E-state index >= 15 is 0 Å². The van der Waals surface area contributed by atoms with Crippen molar-refractivity contribution in [2.45, 2.75) is 63.1 Å². The predicted molar refractivity (Wildman–Crippen MR) is 62.0 cm³/mol. The van der Waals surface area contributed by atoms with Crippen LogP contribution in [0.15, 0.2) is 0 Å². The Bertz CT molecular complexity index is 256. The second-order valence-electron chi connectivity index (χ2n) is 5.08. The normalized spacial score (nSPS) is 32.1. The molecule has 0 saturated heterocycles. The number of rotatable bonds is 4. The van der Waals surface area contributed by atoms with E-state index in [0.29, 0.717) is 6.10 Å². The van der Waals surface area contributed by atoms with Gasteiger partial charge >= 0.3 is 0 Å². The lowest BCUT2D eigenvalue weighted by Gasteiger charge is -2.37. The summed E-state index contributed by atoms with van der Waals surface area (Å²) in [4.78, 5) is 12.0. The van der Waals surface area contributed by atoms with Crippen molar-refractivity contribution in [3.05, 3.63) is 0 Å². The molecule has 0 atom stereocenters. The zero-order chi connectivity index (χ0) is 11.6. The topological polar surface area (TPSA) is 64.3 Å². The van der Waals surface area contributed by atoms with Crippen LogP contribution in [0.1, 0.15) is 45.4 Å². The maximum absolute atomic E-state index is 12.0. The highest BCUT2D eigenvalue weighted by atomic mass is 16.5. The van der Waals surface area contributed by atoms with Gasteiger partial charge in [-0.1, -0.05) is 12.8 Å². The number of ether oxygens (including phenoxy) is 1. The highest BCUT2D eigenvalue weighted by Crippen LogP contribution is 2.29. The number of carbonyl (C=O) groups excluding carboxylic acids is 1. The van der Waals surface area contributed by atoms with Gasteiger partial charge in [0.25, 0.3) is 0 Å². The molecule has 2 rings (SSSR count). The highest BCUT2D eigenvalue weighted by Gasteiger charge is 2.40. The summed E-state index contributed by atoms with van der Waals surface area (Å²) in [5.41, 5.74) is 5.49. The van der Waals surface area contributed by atoms with Crippen LogP contribution in [0.4, 0.5) is 0 Å². The Balaban J connectivity index is 1.73. The molecular formula is C12H22N2O2. The average Bonchev–Trinajstić information content (AvgIpc) is 2.63. The molecule has 0 radical (unpaired) electrons. The van der Waals surface area contributed by atoms with E-state index in [1.165, 1.54) is 0 Å². The molecule has 92 valence electrons. The molecule has 0 aromatic heterocycles. The smallest absolute Gasteiger partial charge is 0.240 e. The van der Waals surface area contributed by atoms with E-state index in [4.69, 9.17) is 10.5 Å². The predicted octanol–water partition coefficient (Wildman–Crippen LogP) is 0.942. The molecule has 2 fully saturated rings. The molecule has 4 nitrogen and oxygen atoms in total. The molecule has 2 saturated carbocycles. The maximum Gasteiger partial charge on any atom is 0.240 e. The molecule has 2 aliphatic carbocycles. The summed E-state index contributed by atoms with van der Waals surface area (Å²) in [7, 11) is 0. The van der Waals surface area contributed by atoms with Gasteiger partial charge in [0.2, 0.25) is 5.91 Å². The van der Waals surface area contributed by atoms with E-state index in [1.807, 2.05) is 6.92 Å². The first-order valence-corrected chi connectivity index (χ1v) is 6.35. The van der Waals surface area contributed by atoms with Crippen molar-refractivity contribution in [2.75, 3.05) is 6.61 Å². The third-order valence-corrected chi connectivity index (χ3v) is 3.78. The van der Waals surface area contributed by atoms with Crippen molar-refractivity contribution in [1.29, 1.82) is 0 Å². The van der Waals surface area contributed by atoms with Crippen molar-refractivity contribution in [1.82, 2.24) is 5.32 Å². The van der Waals surface area contributed by atoms with Crippen LogP contribution in [0.25, 0.3) is 0 Å². The zero-order valence-electron chi connectivity index (χ0n) is 10.00. The van der Waals surface area contributed by atoms with E-state index in [2.05, 4.69) is 5.32 Å². The van der Waals surface area contributed by atoms with Crippen LogP contribution in [0.5, 0.6) is 0 Å². The number of nitrogens with two attached hydrogens (primary N) is 1. The zero-order valence-corrected chi connectivity index (χ0v) is 10.00. The quantitative estimate of drug-likeness (QED) is 0.750. The highest BCUT2D eigenvalue weighted by molar-refractivity contribution is 5.86. The minimum atomic E-state index is -0.587. The van der Waals surface area contributed by atoms with Gasteiger partial charge in [-0.3, -0.25) is 4.79 Å². The Morgan fingerprint density at radius 2 is 2.06 bits per heavy atom. The summed E-state index contributed by atoms with van der Waals surface area (Å²) in [6, 6.07) is 0.282. The third-order valence-electron chi connectivity index (χ3n) is 3.78. The molecule has 0 unspecified atom stereocenters. The first kappa shape index (κ1) is 11.9. The summed E-state index contributed by atoms with van der Waals surface area (Å²) < 4.78 is 5.46. The Morgan fingerprint density at radius 3 is 2.62 bits per heavy atom. The van der Waals surface area contributed by atoms with Crippen molar-refractivity contribution < 1.29 is 9.53 Å². The fourth-order valence-corrected chi connectivity index (χ4v) is 2.62. The van der Waals surface area contributed by atoms with Gasteiger partial charge in [-0.15, -0.1) is 0 Å².